The minimum Gasteiger partial charge on any atom is -0.494 e. The molecule has 8 heteroatoms. The van der Waals surface area contributed by atoms with Crippen molar-refractivity contribution in [2.75, 3.05) is 19.7 Å². The second-order valence-electron chi connectivity index (χ2n) is 6.10. The summed E-state index contributed by atoms with van der Waals surface area (Å²) in [6, 6.07) is 4.80. The monoisotopic (exact) mass is 359 g/mol. The summed E-state index contributed by atoms with van der Waals surface area (Å²) in [7, 11) is 0. The fraction of sp³-hybridized carbons (Fsp3) is 0.529. The first kappa shape index (κ1) is 19.2. The number of benzene rings is 1. The second kappa shape index (κ2) is 7.43. The van der Waals surface area contributed by atoms with Crippen molar-refractivity contribution >= 4 is 11.8 Å². The summed E-state index contributed by atoms with van der Waals surface area (Å²) >= 11 is 0. The van der Waals surface area contributed by atoms with Crippen LogP contribution in [0.25, 0.3) is 0 Å². The van der Waals surface area contributed by atoms with Crippen molar-refractivity contribution in [1.29, 1.82) is 0 Å². The highest BCUT2D eigenvalue weighted by molar-refractivity contribution is 5.94. The topological polar surface area (TPSA) is 66.8 Å². The number of halogens is 3. The molecule has 0 bridgehead atoms. The second-order valence-corrected chi connectivity index (χ2v) is 6.10. The van der Waals surface area contributed by atoms with Crippen molar-refractivity contribution in [3.8, 4) is 5.75 Å². The quantitative estimate of drug-likeness (QED) is 0.791. The Labute approximate surface area is 143 Å². The molecule has 2 atom stereocenters. The van der Waals surface area contributed by atoms with Crippen LogP contribution in [0.3, 0.4) is 0 Å². The zero-order valence-electron chi connectivity index (χ0n) is 14.0. The molecule has 1 aliphatic rings. The number of ether oxygens (including phenoxy) is 1. The zero-order chi connectivity index (χ0) is 18.8. The Kier molecular flexibility index (Phi) is 5.72. The predicted octanol–water partition coefficient (Wildman–Crippen LogP) is 2.98. The number of alkyl halides is 3. The van der Waals surface area contributed by atoms with E-state index in [4.69, 9.17) is 9.84 Å². The lowest BCUT2D eigenvalue weighted by Crippen LogP contribution is -2.33. The van der Waals surface area contributed by atoms with E-state index >= 15 is 0 Å². The predicted molar refractivity (Wildman–Crippen MR) is 83.6 cm³/mol. The van der Waals surface area contributed by atoms with Gasteiger partial charge in [0.05, 0.1) is 18.4 Å². The molecule has 2 rings (SSSR count). The third kappa shape index (κ3) is 4.50. The van der Waals surface area contributed by atoms with Crippen LogP contribution in [0.5, 0.6) is 5.75 Å². The van der Waals surface area contributed by atoms with E-state index in [1.807, 2.05) is 0 Å². The van der Waals surface area contributed by atoms with Gasteiger partial charge in [0.15, 0.2) is 5.78 Å². The molecule has 0 radical (unpaired) electrons. The number of carbonyl (C=O) groups excluding carboxylic acids is 1. The van der Waals surface area contributed by atoms with Gasteiger partial charge in [-0.3, -0.25) is 14.5 Å². The van der Waals surface area contributed by atoms with Gasteiger partial charge in [-0.1, -0.05) is 0 Å². The molecular formula is C17H20F3NO4. The molecule has 138 valence electrons. The van der Waals surface area contributed by atoms with Crippen LogP contribution in [-0.4, -0.2) is 47.6 Å². The van der Waals surface area contributed by atoms with Gasteiger partial charge in [-0.15, -0.1) is 0 Å². The van der Waals surface area contributed by atoms with Gasteiger partial charge < -0.3 is 9.84 Å². The lowest BCUT2D eigenvalue weighted by molar-refractivity contribution is -0.188. The Balaban J connectivity index is 2.25. The van der Waals surface area contributed by atoms with Gasteiger partial charge in [-0.25, -0.2) is 0 Å². The van der Waals surface area contributed by atoms with Gasteiger partial charge in [0.2, 0.25) is 0 Å². The average molecular weight is 359 g/mol. The Hall–Kier alpha value is -2.09. The van der Waals surface area contributed by atoms with Crippen LogP contribution in [0.1, 0.15) is 29.8 Å². The molecule has 0 aliphatic carbocycles. The normalized spacial score (nSPS) is 21.3. The number of hydrogen-bond donors (Lipinski definition) is 1. The number of carboxylic acid groups (broad SMARTS) is 1. The molecule has 1 fully saturated rings. The Bertz CT molecular complexity index is 660. The van der Waals surface area contributed by atoms with E-state index in [1.165, 1.54) is 11.8 Å². The van der Waals surface area contributed by atoms with Crippen LogP contribution >= 0.6 is 0 Å². The van der Waals surface area contributed by atoms with E-state index in [0.29, 0.717) is 23.5 Å². The van der Waals surface area contributed by atoms with E-state index in [9.17, 15) is 22.8 Å². The van der Waals surface area contributed by atoms with Crippen LogP contribution in [0.2, 0.25) is 0 Å². The molecule has 1 heterocycles. The maximum atomic E-state index is 13.1. The molecule has 1 aromatic rings. The average Bonchev–Trinajstić information content (AvgIpc) is 2.93. The van der Waals surface area contributed by atoms with Crippen molar-refractivity contribution in [2.24, 2.45) is 11.8 Å². The summed E-state index contributed by atoms with van der Waals surface area (Å²) in [5.41, 5.74) is 1.00. The Morgan fingerprint density at radius 3 is 2.48 bits per heavy atom. The first-order valence-corrected chi connectivity index (χ1v) is 7.92. The van der Waals surface area contributed by atoms with E-state index in [1.54, 1.807) is 25.1 Å². The van der Waals surface area contributed by atoms with Crippen molar-refractivity contribution in [2.45, 2.75) is 26.6 Å². The van der Waals surface area contributed by atoms with Crippen LogP contribution in [0.4, 0.5) is 13.2 Å². The molecule has 25 heavy (non-hydrogen) atoms. The van der Waals surface area contributed by atoms with Crippen LogP contribution in [0.15, 0.2) is 18.2 Å². The minimum absolute atomic E-state index is 0.0901. The number of ketones is 1. The number of carbonyl (C=O) groups is 2. The van der Waals surface area contributed by atoms with Gasteiger partial charge in [0, 0.05) is 30.8 Å². The summed E-state index contributed by atoms with van der Waals surface area (Å²) in [5, 5.41) is 9.09. The van der Waals surface area contributed by atoms with Gasteiger partial charge in [-0.2, -0.15) is 13.2 Å². The summed E-state index contributed by atoms with van der Waals surface area (Å²) in [6.07, 6.45) is -4.57. The molecule has 1 aromatic carbocycles. The molecular weight excluding hydrogens is 339 g/mol. The number of hydrogen-bond acceptors (Lipinski definition) is 4. The molecule has 0 aromatic heterocycles. The van der Waals surface area contributed by atoms with Crippen molar-refractivity contribution in [1.82, 2.24) is 4.90 Å². The minimum atomic E-state index is -4.57. The number of aliphatic carboxylic acids is 1. The summed E-state index contributed by atoms with van der Waals surface area (Å²) in [5.74, 6) is -4.53. The van der Waals surface area contributed by atoms with Gasteiger partial charge in [-0.05, 0) is 32.0 Å². The smallest absolute Gasteiger partial charge is 0.393 e. The fourth-order valence-electron chi connectivity index (χ4n) is 3.06. The summed E-state index contributed by atoms with van der Waals surface area (Å²) in [4.78, 5) is 24.2. The molecule has 0 amide bonds. The highest BCUT2D eigenvalue weighted by Crippen LogP contribution is 2.38. The number of rotatable bonds is 6. The van der Waals surface area contributed by atoms with Crippen LogP contribution in [-0.2, 0) is 11.3 Å². The maximum absolute atomic E-state index is 13.1. The molecule has 1 saturated heterocycles. The number of likely N-dealkylation sites (tertiary alicyclic amines) is 1. The Morgan fingerprint density at radius 2 is 2.00 bits per heavy atom. The molecule has 1 N–H and O–H groups in total. The maximum Gasteiger partial charge on any atom is 0.393 e. The molecule has 1 aliphatic heterocycles. The first-order valence-electron chi connectivity index (χ1n) is 7.92. The van der Waals surface area contributed by atoms with Crippen LogP contribution < -0.4 is 4.74 Å². The van der Waals surface area contributed by atoms with E-state index in [0.717, 1.165) is 0 Å². The lowest BCUT2D eigenvalue weighted by atomic mass is 9.96. The van der Waals surface area contributed by atoms with Gasteiger partial charge in [0.25, 0.3) is 0 Å². The largest absolute Gasteiger partial charge is 0.494 e. The first-order chi connectivity index (χ1) is 11.6. The Morgan fingerprint density at radius 1 is 1.32 bits per heavy atom. The SMILES string of the molecule is CCOc1ccc(C(C)=O)cc1CN1C[C@@H](C(F)(F)F)[C@H](C(=O)O)C1. The van der Waals surface area contributed by atoms with E-state index in [2.05, 4.69) is 0 Å². The highest BCUT2D eigenvalue weighted by atomic mass is 19.4. The number of Topliss-reactive ketones (excluding diaryl/α,β-unsaturated/α-hetero) is 1. The summed E-state index contributed by atoms with van der Waals surface area (Å²) in [6.45, 7) is 3.04. The number of carboxylic acids is 1. The lowest BCUT2D eigenvalue weighted by Gasteiger charge is -2.19. The van der Waals surface area contributed by atoms with E-state index in [-0.39, 0.29) is 18.9 Å². The highest BCUT2D eigenvalue weighted by Gasteiger charge is 2.52. The van der Waals surface area contributed by atoms with Crippen LogP contribution in [0, 0.1) is 11.8 Å². The van der Waals surface area contributed by atoms with Gasteiger partial charge >= 0.3 is 12.1 Å². The third-order valence-corrected chi connectivity index (χ3v) is 4.29. The summed E-state index contributed by atoms with van der Waals surface area (Å²) < 4.78 is 44.8. The molecule has 0 unspecified atom stereocenters. The zero-order valence-corrected chi connectivity index (χ0v) is 14.0. The third-order valence-electron chi connectivity index (χ3n) is 4.29. The molecule has 0 spiro atoms. The standard InChI is InChI=1S/C17H20F3NO4/c1-3-25-15-5-4-11(10(2)22)6-12(15)7-21-8-13(16(23)24)14(9-21)17(18,19)20/h4-6,13-14H,3,7-9H2,1-2H3,(H,23,24)/t13-,14-/m1/s1. The molecule has 5 nitrogen and oxygen atoms in total. The number of nitrogens with zero attached hydrogens (tertiary/aromatic N) is 1. The van der Waals surface area contributed by atoms with E-state index < -0.39 is 30.5 Å². The fourth-order valence-corrected chi connectivity index (χ4v) is 3.06. The molecule has 0 saturated carbocycles. The van der Waals surface area contributed by atoms with Crippen molar-refractivity contribution in [3.63, 3.8) is 0 Å². The van der Waals surface area contributed by atoms with Crippen molar-refractivity contribution in [3.05, 3.63) is 29.3 Å². The van der Waals surface area contributed by atoms with Gasteiger partial charge in [0.1, 0.15) is 5.75 Å². The van der Waals surface area contributed by atoms with Crippen molar-refractivity contribution < 1.29 is 32.6 Å².